The number of anilines is 1. The maximum Gasteiger partial charge on any atom is 0.257 e. The second-order valence-corrected chi connectivity index (χ2v) is 3.87. The van der Waals surface area contributed by atoms with Crippen LogP contribution in [0, 0.1) is 18.3 Å². The summed E-state index contributed by atoms with van der Waals surface area (Å²) in [5, 5.41) is 18.1. The smallest absolute Gasteiger partial charge is 0.257 e. The average molecular weight is 256 g/mol. The molecule has 6 nitrogen and oxygen atoms in total. The van der Waals surface area contributed by atoms with Gasteiger partial charge in [0.1, 0.15) is 17.4 Å². The van der Waals surface area contributed by atoms with Gasteiger partial charge in [-0.05, 0) is 25.1 Å². The van der Waals surface area contributed by atoms with Gasteiger partial charge in [0.2, 0.25) is 0 Å². The third-order valence-electron chi connectivity index (χ3n) is 2.62. The number of aromatic nitrogens is 2. The number of benzene rings is 1. The SMILES string of the molecule is COc1cccc(C(=O)Nc2n[nH]c(C)c2C#N)c1. The lowest BCUT2D eigenvalue weighted by Gasteiger charge is -2.04. The highest BCUT2D eigenvalue weighted by molar-refractivity contribution is 6.04. The van der Waals surface area contributed by atoms with E-state index in [1.54, 1.807) is 31.2 Å². The summed E-state index contributed by atoms with van der Waals surface area (Å²) < 4.78 is 5.05. The van der Waals surface area contributed by atoms with E-state index in [0.29, 0.717) is 22.6 Å². The number of aryl methyl sites for hydroxylation is 1. The van der Waals surface area contributed by atoms with Gasteiger partial charge < -0.3 is 10.1 Å². The zero-order valence-electron chi connectivity index (χ0n) is 10.5. The fourth-order valence-electron chi connectivity index (χ4n) is 1.60. The molecule has 0 aliphatic rings. The van der Waals surface area contributed by atoms with E-state index in [1.165, 1.54) is 7.11 Å². The maximum absolute atomic E-state index is 12.0. The molecule has 2 rings (SSSR count). The largest absolute Gasteiger partial charge is 0.497 e. The van der Waals surface area contributed by atoms with Crippen LogP contribution >= 0.6 is 0 Å². The molecule has 1 heterocycles. The van der Waals surface area contributed by atoms with E-state index >= 15 is 0 Å². The molecule has 0 aliphatic heterocycles. The van der Waals surface area contributed by atoms with Gasteiger partial charge in [0, 0.05) is 5.56 Å². The zero-order chi connectivity index (χ0) is 13.8. The molecule has 0 fully saturated rings. The summed E-state index contributed by atoms with van der Waals surface area (Å²) in [7, 11) is 1.53. The van der Waals surface area contributed by atoms with E-state index in [1.807, 2.05) is 6.07 Å². The molecule has 0 atom stereocenters. The van der Waals surface area contributed by atoms with Crippen LogP contribution in [0.3, 0.4) is 0 Å². The Morgan fingerprint density at radius 2 is 2.32 bits per heavy atom. The molecule has 96 valence electrons. The summed E-state index contributed by atoms with van der Waals surface area (Å²) in [6.07, 6.45) is 0. The van der Waals surface area contributed by atoms with Crippen LogP contribution in [0.1, 0.15) is 21.6 Å². The first kappa shape index (κ1) is 12.6. The lowest BCUT2D eigenvalue weighted by molar-refractivity contribution is 0.102. The van der Waals surface area contributed by atoms with Gasteiger partial charge in [-0.1, -0.05) is 6.07 Å². The van der Waals surface area contributed by atoms with Crippen LogP contribution in [0.15, 0.2) is 24.3 Å². The Hall–Kier alpha value is -2.81. The summed E-state index contributed by atoms with van der Waals surface area (Å²) >= 11 is 0. The van der Waals surface area contributed by atoms with Crippen LogP contribution in [-0.2, 0) is 0 Å². The van der Waals surface area contributed by atoms with Crippen molar-refractivity contribution in [3.05, 3.63) is 41.1 Å². The Labute approximate surface area is 110 Å². The highest BCUT2D eigenvalue weighted by Gasteiger charge is 2.14. The number of methoxy groups -OCH3 is 1. The number of nitrogens with one attached hydrogen (secondary N) is 2. The van der Waals surface area contributed by atoms with Crippen molar-refractivity contribution < 1.29 is 9.53 Å². The van der Waals surface area contributed by atoms with Crippen LogP contribution < -0.4 is 10.1 Å². The molecule has 0 unspecified atom stereocenters. The van der Waals surface area contributed by atoms with Gasteiger partial charge in [-0.25, -0.2) is 0 Å². The standard InChI is InChI=1S/C13H12N4O2/c1-8-11(7-14)12(17-16-8)15-13(18)9-4-3-5-10(6-9)19-2/h3-6H,1-2H3,(H2,15,16,17,18). The number of hydrogen-bond acceptors (Lipinski definition) is 4. The fourth-order valence-corrected chi connectivity index (χ4v) is 1.60. The third-order valence-corrected chi connectivity index (χ3v) is 2.62. The highest BCUT2D eigenvalue weighted by atomic mass is 16.5. The van der Waals surface area contributed by atoms with Crippen molar-refractivity contribution in [2.45, 2.75) is 6.92 Å². The quantitative estimate of drug-likeness (QED) is 0.876. The first-order chi connectivity index (χ1) is 9.15. The molecule has 1 aromatic carbocycles. The van der Waals surface area contributed by atoms with Gasteiger partial charge in [-0.15, -0.1) is 0 Å². The minimum atomic E-state index is -0.345. The molecule has 0 bridgehead atoms. The van der Waals surface area contributed by atoms with Gasteiger partial charge in [-0.2, -0.15) is 10.4 Å². The lowest BCUT2D eigenvalue weighted by atomic mass is 10.2. The van der Waals surface area contributed by atoms with E-state index in [2.05, 4.69) is 15.5 Å². The van der Waals surface area contributed by atoms with Crippen LogP contribution in [0.5, 0.6) is 5.75 Å². The van der Waals surface area contributed by atoms with Crippen molar-refractivity contribution in [3.63, 3.8) is 0 Å². The molecule has 0 radical (unpaired) electrons. The zero-order valence-corrected chi connectivity index (χ0v) is 10.5. The van der Waals surface area contributed by atoms with Crippen molar-refractivity contribution in [3.8, 4) is 11.8 Å². The molecule has 0 aliphatic carbocycles. The monoisotopic (exact) mass is 256 g/mol. The van der Waals surface area contributed by atoms with E-state index in [9.17, 15) is 4.79 Å². The topological polar surface area (TPSA) is 90.8 Å². The van der Waals surface area contributed by atoms with Gasteiger partial charge in [0.15, 0.2) is 5.82 Å². The first-order valence-corrected chi connectivity index (χ1v) is 5.56. The number of rotatable bonds is 3. The Morgan fingerprint density at radius 1 is 1.53 bits per heavy atom. The maximum atomic E-state index is 12.0. The summed E-state index contributed by atoms with van der Waals surface area (Å²) in [6.45, 7) is 1.72. The minimum Gasteiger partial charge on any atom is -0.497 e. The summed E-state index contributed by atoms with van der Waals surface area (Å²) in [5.41, 5.74) is 1.38. The van der Waals surface area contributed by atoms with E-state index < -0.39 is 0 Å². The molecule has 0 saturated heterocycles. The third kappa shape index (κ3) is 2.55. The average Bonchev–Trinajstić information content (AvgIpc) is 2.79. The number of hydrogen-bond donors (Lipinski definition) is 2. The van der Waals surface area contributed by atoms with Gasteiger partial charge >= 0.3 is 0 Å². The number of H-pyrrole nitrogens is 1. The van der Waals surface area contributed by atoms with Gasteiger partial charge in [0.05, 0.1) is 12.8 Å². The molecule has 0 saturated carbocycles. The van der Waals surface area contributed by atoms with Crippen molar-refractivity contribution >= 4 is 11.7 Å². The molecule has 1 aromatic heterocycles. The van der Waals surface area contributed by atoms with E-state index in [0.717, 1.165) is 0 Å². The number of nitrogens with zero attached hydrogens (tertiary/aromatic N) is 2. The normalized spacial score (nSPS) is 9.74. The van der Waals surface area contributed by atoms with Crippen molar-refractivity contribution in [2.24, 2.45) is 0 Å². The summed E-state index contributed by atoms with van der Waals surface area (Å²) in [5.74, 6) is 0.473. The molecular formula is C13H12N4O2. The van der Waals surface area contributed by atoms with E-state index in [4.69, 9.17) is 10.00 Å². The first-order valence-electron chi connectivity index (χ1n) is 5.56. The predicted molar refractivity (Wildman–Crippen MR) is 69.0 cm³/mol. The van der Waals surface area contributed by atoms with E-state index in [-0.39, 0.29) is 11.7 Å². The van der Waals surface area contributed by atoms with Crippen LogP contribution in [-0.4, -0.2) is 23.2 Å². The van der Waals surface area contributed by atoms with Gasteiger partial charge in [-0.3, -0.25) is 9.89 Å². The molecule has 6 heteroatoms. The second kappa shape index (κ2) is 5.23. The minimum absolute atomic E-state index is 0.229. The van der Waals surface area contributed by atoms with Crippen LogP contribution in [0.4, 0.5) is 5.82 Å². The molecular weight excluding hydrogens is 244 g/mol. The lowest BCUT2D eigenvalue weighted by Crippen LogP contribution is -2.13. The Bertz CT molecular complexity index is 655. The number of nitriles is 1. The van der Waals surface area contributed by atoms with Crippen molar-refractivity contribution in [1.29, 1.82) is 5.26 Å². The summed E-state index contributed by atoms with van der Waals surface area (Å²) in [6, 6.07) is 8.72. The fraction of sp³-hybridized carbons (Fsp3) is 0.154. The molecule has 2 aromatic rings. The second-order valence-electron chi connectivity index (χ2n) is 3.87. The molecule has 0 spiro atoms. The van der Waals surface area contributed by atoms with Gasteiger partial charge in [0.25, 0.3) is 5.91 Å². The number of ether oxygens (including phenoxy) is 1. The molecule has 19 heavy (non-hydrogen) atoms. The number of carbonyl (C=O) groups excluding carboxylic acids is 1. The Kier molecular flexibility index (Phi) is 3.48. The number of aromatic amines is 1. The van der Waals surface area contributed by atoms with Crippen molar-refractivity contribution in [2.75, 3.05) is 12.4 Å². The van der Waals surface area contributed by atoms with Crippen molar-refractivity contribution in [1.82, 2.24) is 10.2 Å². The number of carbonyl (C=O) groups is 1. The summed E-state index contributed by atoms with van der Waals surface area (Å²) in [4.78, 5) is 12.0. The Balaban J connectivity index is 2.23. The predicted octanol–water partition coefficient (Wildman–Crippen LogP) is 1.85. The molecule has 1 amide bonds. The Morgan fingerprint density at radius 3 is 3.00 bits per heavy atom. The number of amides is 1. The highest BCUT2D eigenvalue weighted by Crippen LogP contribution is 2.17. The molecule has 2 N–H and O–H groups in total. The van der Waals surface area contributed by atoms with Crippen LogP contribution in [0.2, 0.25) is 0 Å². The van der Waals surface area contributed by atoms with Crippen LogP contribution in [0.25, 0.3) is 0 Å².